The van der Waals surface area contributed by atoms with Crippen LogP contribution in [-0.4, -0.2) is 49.8 Å². The number of hydrogen-bond donors (Lipinski definition) is 0. The molecule has 0 amide bonds. The van der Waals surface area contributed by atoms with Crippen molar-refractivity contribution in [3.63, 3.8) is 0 Å². The molecule has 0 spiro atoms. The summed E-state index contributed by atoms with van der Waals surface area (Å²) in [6, 6.07) is 16.7. The smallest absolute Gasteiger partial charge is 0.125 e. The van der Waals surface area contributed by atoms with Gasteiger partial charge in [0.1, 0.15) is 20.2 Å². The van der Waals surface area contributed by atoms with Gasteiger partial charge in [0.2, 0.25) is 0 Å². The molecule has 4 aromatic rings. The fourth-order valence-electron chi connectivity index (χ4n) is 3.96. The summed E-state index contributed by atoms with van der Waals surface area (Å²) < 4.78 is 64.0. The summed E-state index contributed by atoms with van der Waals surface area (Å²) in [5, 5.41) is 41.6. The van der Waals surface area contributed by atoms with Crippen LogP contribution in [0.3, 0.4) is 0 Å². The van der Waals surface area contributed by atoms with Crippen molar-refractivity contribution in [1.29, 1.82) is 0 Å². The maximum atomic E-state index is 10.7. The molecule has 0 unspecified atom stereocenters. The number of carbonyl (C=O) groups excluding carboxylic acids is 4. The summed E-state index contributed by atoms with van der Waals surface area (Å²) in [4.78, 5) is 40.3. The van der Waals surface area contributed by atoms with Gasteiger partial charge in [0.15, 0.2) is 0 Å². The highest BCUT2D eigenvalue weighted by Crippen LogP contribution is 2.17. The minimum Gasteiger partial charge on any atom is -0.744 e. The van der Waals surface area contributed by atoms with Gasteiger partial charge in [-0.05, 0) is 98.7 Å². The van der Waals surface area contributed by atoms with Crippen molar-refractivity contribution in [3.8, 4) is 0 Å². The second-order valence-corrected chi connectivity index (χ2v) is 13.4. The largest absolute Gasteiger partial charge is 0.744 e. The van der Waals surface area contributed by atoms with Crippen molar-refractivity contribution in [2.45, 2.75) is 51.3 Å². The standard InChI is InChI=1S/2C9H10O2.2C8H8O5S/c1-6-3-7(2)5-8(4-6)9(10)11;1-6-3-4-8(9(10)11)5-7(6)2;1-5-2-3-6(8(9)10)4-7(5)14(11,12)13;1-5-2-3-6(8(9)10)7(4-5)14(11,12)13/h2*3-5H,1-2H3,(H,10,11);2*2-4H,1H3,(H,9,10)(H,11,12,13)/p-6. The minimum atomic E-state index is -4.77. The normalized spacial score (nSPS) is 10.6. The third-order valence-corrected chi connectivity index (χ3v) is 8.37. The van der Waals surface area contributed by atoms with E-state index >= 15 is 0 Å². The lowest BCUT2D eigenvalue weighted by molar-refractivity contribution is -0.256. The molecule has 268 valence electrons. The van der Waals surface area contributed by atoms with Crippen LogP contribution in [0.5, 0.6) is 0 Å². The maximum Gasteiger partial charge on any atom is 0.125 e. The van der Waals surface area contributed by atoms with Gasteiger partial charge in [0.25, 0.3) is 0 Å². The van der Waals surface area contributed by atoms with E-state index in [0.29, 0.717) is 5.56 Å². The number of rotatable bonds is 6. The number of benzene rings is 4. The molecule has 14 nitrogen and oxygen atoms in total. The topological polar surface area (TPSA) is 275 Å². The average Bonchev–Trinajstić information content (AvgIpc) is 2.98. The van der Waals surface area contributed by atoms with Crippen LogP contribution in [0.25, 0.3) is 0 Å². The van der Waals surface area contributed by atoms with E-state index in [1.807, 2.05) is 33.8 Å². The first kappa shape index (κ1) is 42.6. The zero-order valence-corrected chi connectivity index (χ0v) is 29.1. The Hall–Kier alpha value is -5.42. The Morgan fingerprint density at radius 2 is 0.860 bits per heavy atom. The molecule has 0 bridgehead atoms. The van der Waals surface area contributed by atoms with E-state index in [0.717, 1.165) is 40.5 Å². The molecule has 0 aliphatic heterocycles. The van der Waals surface area contributed by atoms with Gasteiger partial charge in [-0.1, -0.05) is 65.7 Å². The van der Waals surface area contributed by atoms with Gasteiger partial charge in [-0.3, -0.25) is 0 Å². The summed E-state index contributed by atoms with van der Waals surface area (Å²) in [5.41, 5.74) is 4.23. The third-order valence-electron chi connectivity index (χ3n) is 6.52. The molecule has 0 aliphatic carbocycles. The van der Waals surface area contributed by atoms with Crippen LogP contribution < -0.4 is 20.4 Å². The highest BCUT2D eigenvalue weighted by Gasteiger charge is 2.10. The molecular weight excluding hydrogens is 696 g/mol. The monoisotopic (exact) mass is 726 g/mol. The van der Waals surface area contributed by atoms with E-state index in [2.05, 4.69) is 0 Å². The quantitative estimate of drug-likeness (QED) is 0.234. The molecule has 4 aromatic carbocycles. The van der Waals surface area contributed by atoms with E-state index in [-0.39, 0.29) is 22.3 Å². The second-order valence-electron chi connectivity index (χ2n) is 10.7. The molecule has 50 heavy (non-hydrogen) atoms. The second kappa shape index (κ2) is 17.8. The van der Waals surface area contributed by atoms with Crippen LogP contribution in [0.2, 0.25) is 0 Å². The summed E-state index contributed by atoms with van der Waals surface area (Å²) in [7, 11) is -9.40. The summed E-state index contributed by atoms with van der Waals surface area (Å²) in [6.45, 7) is 10.5. The maximum absolute atomic E-state index is 10.7. The van der Waals surface area contributed by atoms with Crippen LogP contribution in [-0.2, 0) is 20.2 Å². The van der Waals surface area contributed by atoms with Gasteiger partial charge >= 0.3 is 0 Å². The zero-order valence-electron chi connectivity index (χ0n) is 27.5. The predicted molar refractivity (Wildman–Crippen MR) is 167 cm³/mol. The molecule has 16 heteroatoms. The molecule has 0 aliphatic rings. The van der Waals surface area contributed by atoms with E-state index < -0.39 is 59.5 Å². The molecule has 0 heterocycles. The van der Waals surface area contributed by atoms with Gasteiger partial charge in [0, 0.05) is 5.56 Å². The van der Waals surface area contributed by atoms with Crippen molar-refractivity contribution in [2.24, 2.45) is 0 Å². The Morgan fingerprint density at radius 3 is 1.26 bits per heavy atom. The zero-order chi connectivity index (χ0) is 38.7. The summed E-state index contributed by atoms with van der Waals surface area (Å²) in [6.07, 6.45) is 0. The lowest BCUT2D eigenvalue weighted by Gasteiger charge is -2.13. The first-order chi connectivity index (χ1) is 22.8. The van der Waals surface area contributed by atoms with Gasteiger partial charge in [-0.25, -0.2) is 16.8 Å². The van der Waals surface area contributed by atoms with Crippen molar-refractivity contribution in [3.05, 3.63) is 128 Å². The number of carboxylic acid groups (broad SMARTS) is 4. The lowest BCUT2D eigenvalue weighted by atomic mass is 10.1. The fraction of sp³-hybridized carbons (Fsp3) is 0.176. The van der Waals surface area contributed by atoms with Crippen LogP contribution in [0.1, 0.15) is 74.8 Å². The lowest BCUT2D eigenvalue weighted by Crippen LogP contribution is -2.24. The number of carboxylic acids is 4. The van der Waals surface area contributed by atoms with Crippen LogP contribution >= 0.6 is 0 Å². The summed E-state index contributed by atoms with van der Waals surface area (Å²) >= 11 is 0. The minimum absolute atomic E-state index is 0.213. The van der Waals surface area contributed by atoms with Crippen LogP contribution in [0, 0.1) is 41.5 Å². The highest BCUT2D eigenvalue weighted by atomic mass is 32.2. The fourth-order valence-corrected chi connectivity index (χ4v) is 5.45. The third kappa shape index (κ3) is 13.6. The molecule has 0 saturated heterocycles. The molecule has 0 fully saturated rings. The Balaban J connectivity index is 0.000000335. The Kier molecular flexibility index (Phi) is 15.2. The SMILES string of the molecule is Cc1cc(C)cc(C(=O)[O-])c1.Cc1ccc(C(=O)[O-])c(S(=O)(=O)[O-])c1.Cc1ccc(C(=O)[O-])cc1C.Cc1ccc(C(=O)[O-])cc1S(=O)(=O)[O-]. The molecule has 0 saturated carbocycles. The van der Waals surface area contributed by atoms with Gasteiger partial charge in [-0.2, -0.15) is 0 Å². The van der Waals surface area contributed by atoms with Crippen molar-refractivity contribution >= 4 is 44.1 Å². The van der Waals surface area contributed by atoms with E-state index in [1.165, 1.54) is 25.1 Å². The van der Waals surface area contributed by atoms with E-state index in [9.17, 15) is 65.5 Å². The highest BCUT2D eigenvalue weighted by molar-refractivity contribution is 7.86. The number of carbonyl (C=O) groups is 4. The predicted octanol–water partition coefficient (Wildman–Crippen LogP) is -0.141. The summed E-state index contributed by atoms with van der Waals surface area (Å²) in [5.74, 6) is -5.43. The first-order valence-corrected chi connectivity index (χ1v) is 16.8. The molecule has 0 aromatic heterocycles. The number of aromatic carboxylic acids is 4. The average molecular weight is 727 g/mol. The van der Waals surface area contributed by atoms with Gasteiger partial charge in [0.05, 0.1) is 33.7 Å². The van der Waals surface area contributed by atoms with Crippen molar-refractivity contribution in [1.82, 2.24) is 0 Å². The molecule has 0 radical (unpaired) electrons. The van der Waals surface area contributed by atoms with E-state index in [1.54, 1.807) is 37.3 Å². The van der Waals surface area contributed by atoms with Gasteiger partial charge in [-0.15, -0.1) is 0 Å². The Bertz CT molecular complexity index is 2110. The molecule has 4 rings (SSSR count). The van der Waals surface area contributed by atoms with Crippen LogP contribution in [0.4, 0.5) is 0 Å². The van der Waals surface area contributed by atoms with Crippen molar-refractivity contribution in [2.75, 3.05) is 0 Å². The van der Waals surface area contributed by atoms with Crippen LogP contribution in [0.15, 0.2) is 82.6 Å². The Labute approximate surface area is 288 Å². The number of hydrogen-bond acceptors (Lipinski definition) is 14. The number of aryl methyl sites for hydroxylation is 6. The van der Waals surface area contributed by atoms with Crippen molar-refractivity contribution < 1.29 is 65.5 Å². The van der Waals surface area contributed by atoms with E-state index in [4.69, 9.17) is 0 Å². The molecule has 0 atom stereocenters. The van der Waals surface area contributed by atoms with Gasteiger partial charge < -0.3 is 48.7 Å². The molecule has 0 N–H and O–H groups in total. The molecular formula is C34H30O14S2-6. The first-order valence-electron chi connectivity index (χ1n) is 14.0. The Morgan fingerprint density at radius 1 is 0.420 bits per heavy atom.